The minimum absolute atomic E-state index is 0.228. The van der Waals surface area contributed by atoms with Crippen molar-refractivity contribution in [2.45, 2.75) is 0 Å². The number of hydrogen-bond acceptors (Lipinski definition) is 4. The zero-order chi connectivity index (χ0) is 11.7. The van der Waals surface area contributed by atoms with Crippen LogP contribution in [0.15, 0.2) is 48.5 Å². The maximum atomic E-state index is 9.19. The third kappa shape index (κ3) is 1.94. The summed E-state index contributed by atoms with van der Waals surface area (Å²) in [5, 5.41) is 11.0. The van der Waals surface area contributed by atoms with E-state index in [-0.39, 0.29) is 5.75 Å². The van der Waals surface area contributed by atoms with E-state index in [9.17, 15) is 5.11 Å². The minimum Gasteiger partial charge on any atom is -0.508 e. The molecule has 3 aromatic rings. The largest absolute Gasteiger partial charge is 0.508 e. The fourth-order valence-corrected chi connectivity index (χ4v) is 2.31. The fourth-order valence-electron chi connectivity index (χ4n) is 1.56. The third-order valence-corrected chi connectivity index (χ3v) is 3.16. The van der Waals surface area contributed by atoms with Crippen molar-refractivity contribution in [2.75, 3.05) is 0 Å². The lowest BCUT2D eigenvalue weighted by Gasteiger charge is -2.02. The molecule has 3 nitrogen and oxygen atoms in total. The summed E-state index contributed by atoms with van der Waals surface area (Å²) >= 11 is 1.33. The first-order chi connectivity index (χ1) is 8.33. The predicted molar refractivity (Wildman–Crippen MR) is 67.8 cm³/mol. The number of phenols is 1. The molecule has 17 heavy (non-hydrogen) atoms. The van der Waals surface area contributed by atoms with Gasteiger partial charge in [0, 0.05) is 11.5 Å². The van der Waals surface area contributed by atoms with Gasteiger partial charge in [0.25, 0.3) is 0 Å². The average Bonchev–Trinajstić information content (AvgIpc) is 2.76. The Morgan fingerprint density at radius 3 is 2.59 bits per heavy atom. The van der Waals surface area contributed by atoms with E-state index in [2.05, 4.69) is 4.37 Å². The van der Waals surface area contributed by atoms with Crippen LogP contribution in [0.25, 0.3) is 10.9 Å². The molecule has 0 saturated carbocycles. The van der Waals surface area contributed by atoms with Crippen LogP contribution in [-0.2, 0) is 0 Å². The van der Waals surface area contributed by atoms with E-state index in [4.69, 9.17) is 4.74 Å². The van der Waals surface area contributed by atoms with Crippen LogP contribution < -0.4 is 4.74 Å². The molecule has 4 heteroatoms. The van der Waals surface area contributed by atoms with Gasteiger partial charge in [0.05, 0.1) is 10.9 Å². The Balaban J connectivity index is 1.97. The van der Waals surface area contributed by atoms with E-state index >= 15 is 0 Å². The van der Waals surface area contributed by atoms with Gasteiger partial charge in [-0.25, -0.2) is 0 Å². The molecular formula is C13H9NO2S. The lowest BCUT2D eigenvalue weighted by Crippen LogP contribution is -1.80. The second-order valence-corrected chi connectivity index (χ2v) is 4.32. The number of hydrogen-bond donors (Lipinski definition) is 1. The Bertz CT molecular complexity index is 646. The van der Waals surface area contributed by atoms with Crippen molar-refractivity contribution in [2.24, 2.45) is 0 Å². The van der Waals surface area contributed by atoms with Crippen molar-refractivity contribution < 1.29 is 9.84 Å². The highest BCUT2D eigenvalue weighted by Crippen LogP contribution is 2.33. The Labute approximate surface area is 102 Å². The van der Waals surface area contributed by atoms with Crippen LogP contribution in [0.1, 0.15) is 0 Å². The number of phenolic OH excluding ortho intramolecular Hbond substituents is 1. The van der Waals surface area contributed by atoms with Crippen LogP contribution in [0.4, 0.5) is 0 Å². The van der Waals surface area contributed by atoms with Gasteiger partial charge >= 0.3 is 0 Å². The van der Waals surface area contributed by atoms with Gasteiger partial charge < -0.3 is 9.84 Å². The van der Waals surface area contributed by atoms with Crippen LogP contribution in [0.3, 0.4) is 0 Å². The molecule has 1 heterocycles. The zero-order valence-electron chi connectivity index (χ0n) is 8.83. The van der Waals surface area contributed by atoms with Gasteiger partial charge in [-0.1, -0.05) is 12.1 Å². The van der Waals surface area contributed by atoms with Gasteiger partial charge in [0.1, 0.15) is 11.5 Å². The SMILES string of the molecule is Oc1ccc(Oc2snc3ccccc23)cc1. The van der Waals surface area contributed by atoms with Crippen LogP contribution in [0.2, 0.25) is 0 Å². The highest BCUT2D eigenvalue weighted by atomic mass is 32.1. The molecule has 0 bridgehead atoms. The van der Waals surface area contributed by atoms with Crippen molar-refractivity contribution in [1.29, 1.82) is 0 Å². The lowest BCUT2D eigenvalue weighted by molar-refractivity contribution is 0.469. The Morgan fingerprint density at radius 1 is 1.00 bits per heavy atom. The summed E-state index contributed by atoms with van der Waals surface area (Å²) in [7, 11) is 0. The molecule has 0 aliphatic carbocycles. The van der Waals surface area contributed by atoms with Crippen LogP contribution in [0.5, 0.6) is 16.6 Å². The summed E-state index contributed by atoms with van der Waals surface area (Å²) in [6.07, 6.45) is 0. The number of benzene rings is 2. The molecule has 0 spiro atoms. The van der Waals surface area contributed by atoms with Crippen LogP contribution in [-0.4, -0.2) is 9.48 Å². The van der Waals surface area contributed by atoms with E-state index in [1.807, 2.05) is 24.3 Å². The third-order valence-electron chi connectivity index (χ3n) is 2.40. The van der Waals surface area contributed by atoms with Gasteiger partial charge in [-0.15, -0.1) is 0 Å². The second kappa shape index (κ2) is 4.07. The monoisotopic (exact) mass is 243 g/mol. The Kier molecular flexibility index (Phi) is 2.42. The number of nitrogens with zero attached hydrogens (tertiary/aromatic N) is 1. The normalized spacial score (nSPS) is 10.6. The molecule has 0 saturated heterocycles. The molecule has 3 rings (SSSR count). The highest BCUT2D eigenvalue weighted by Gasteiger charge is 2.07. The smallest absolute Gasteiger partial charge is 0.207 e. The number of aromatic hydroxyl groups is 1. The summed E-state index contributed by atoms with van der Waals surface area (Å²) in [4.78, 5) is 0. The molecule has 0 aliphatic heterocycles. The quantitative estimate of drug-likeness (QED) is 0.744. The summed E-state index contributed by atoms with van der Waals surface area (Å²) < 4.78 is 10.0. The van der Waals surface area contributed by atoms with Gasteiger partial charge in [-0.05, 0) is 36.4 Å². The number of aromatic nitrogens is 1. The first-order valence-corrected chi connectivity index (χ1v) is 5.91. The van der Waals surface area contributed by atoms with Crippen molar-refractivity contribution in [3.05, 3.63) is 48.5 Å². The van der Waals surface area contributed by atoms with Crippen LogP contribution >= 0.6 is 11.5 Å². The Hall–Kier alpha value is -2.07. The topological polar surface area (TPSA) is 42.4 Å². The van der Waals surface area contributed by atoms with E-state index in [0.717, 1.165) is 16.0 Å². The predicted octanol–water partition coefficient (Wildman–Crippen LogP) is 3.79. The van der Waals surface area contributed by atoms with Crippen molar-refractivity contribution >= 4 is 22.4 Å². The Morgan fingerprint density at radius 2 is 1.76 bits per heavy atom. The second-order valence-electron chi connectivity index (χ2n) is 3.58. The zero-order valence-corrected chi connectivity index (χ0v) is 9.65. The molecule has 1 aromatic heterocycles. The van der Waals surface area contributed by atoms with Gasteiger partial charge in [0.15, 0.2) is 0 Å². The molecule has 0 aliphatic rings. The standard InChI is InChI=1S/C13H9NO2S/c15-9-5-7-10(8-6-9)16-13-11-3-1-2-4-12(11)14-17-13/h1-8,15H. The van der Waals surface area contributed by atoms with Crippen molar-refractivity contribution in [3.8, 4) is 16.6 Å². The van der Waals surface area contributed by atoms with E-state index in [0.29, 0.717) is 5.75 Å². The van der Waals surface area contributed by atoms with Gasteiger partial charge in [0.2, 0.25) is 5.06 Å². The van der Waals surface area contributed by atoms with Gasteiger partial charge in [-0.3, -0.25) is 0 Å². The fraction of sp³-hybridized carbons (Fsp3) is 0. The number of ether oxygens (including phenoxy) is 1. The van der Waals surface area contributed by atoms with Crippen molar-refractivity contribution in [1.82, 2.24) is 4.37 Å². The first kappa shape index (κ1) is 10.1. The number of fused-ring (bicyclic) bond motifs is 1. The maximum absolute atomic E-state index is 9.19. The first-order valence-electron chi connectivity index (χ1n) is 5.14. The summed E-state index contributed by atoms with van der Waals surface area (Å²) in [5.41, 5.74) is 0.936. The maximum Gasteiger partial charge on any atom is 0.207 e. The molecule has 2 aromatic carbocycles. The lowest BCUT2D eigenvalue weighted by atomic mass is 10.2. The van der Waals surface area contributed by atoms with Gasteiger partial charge in [-0.2, -0.15) is 4.37 Å². The molecule has 0 unspecified atom stereocenters. The molecule has 0 amide bonds. The molecule has 84 valence electrons. The summed E-state index contributed by atoms with van der Waals surface area (Å²) in [5.74, 6) is 0.920. The minimum atomic E-state index is 0.228. The average molecular weight is 243 g/mol. The molecule has 0 radical (unpaired) electrons. The van der Waals surface area contributed by atoms with E-state index < -0.39 is 0 Å². The van der Waals surface area contributed by atoms with E-state index in [1.165, 1.54) is 11.5 Å². The molecular weight excluding hydrogens is 234 g/mol. The molecule has 0 fully saturated rings. The molecule has 0 atom stereocenters. The van der Waals surface area contributed by atoms with E-state index in [1.54, 1.807) is 24.3 Å². The molecule has 1 N–H and O–H groups in total. The van der Waals surface area contributed by atoms with Crippen LogP contribution in [0, 0.1) is 0 Å². The summed E-state index contributed by atoms with van der Waals surface area (Å²) in [6, 6.07) is 14.5. The summed E-state index contributed by atoms with van der Waals surface area (Å²) in [6.45, 7) is 0. The number of rotatable bonds is 2. The van der Waals surface area contributed by atoms with Crippen molar-refractivity contribution in [3.63, 3.8) is 0 Å². The highest BCUT2D eigenvalue weighted by molar-refractivity contribution is 7.09.